The number of tetrazole rings is 1. The summed E-state index contributed by atoms with van der Waals surface area (Å²) in [6.07, 6.45) is 0.544. The van der Waals surface area contributed by atoms with Crippen LogP contribution in [0.5, 0.6) is 11.5 Å². The van der Waals surface area contributed by atoms with Crippen molar-refractivity contribution in [1.82, 2.24) is 20.2 Å². The number of nitrogens with zero attached hydrogens (tertiary/aromatic N) is 4. The van der Waals surface area contributed by atoms with Gasteiger partial charge in [0.2, 0.25) is 0 Å². The highest BCUT2D eigenvalue weighted by atomic mass is 16.5. The minimum Gasteiger partial charge on any atom is -0.497 e. The molecule has 1 N–H and O–H groups in total. The van der Waals surface area contributed by atoms with Gasteiger partial charge in [-0.05, 0) is 29.0 Å². The Labute approximate surface area is 120 Å². The minimum absolute atomic E-state index is 0.173. The first-order valence-corrected chi connectivity index (χ1v) is 6.39. The lowest BCUT2D eigenvalue weighted by molar-refractivity contribution is -0.138. The Morgan fingerprint density at radius 1 is 1.38 bits per heavy atom. The smallest absolute Gasteiger partial charge is 0.307 e. The van der Waals surface area contributed by atoms with Gasteiger partial charge >= 0.3 is 5.97 Å². The average molecular weight is 290 g/mol. The highest BCUT2D eigenvalue weighted by molar-refractivity contribution is 5.75. The van der Waals surface area contributed by atoms with Crippen LogP contribution in [-0.2, 0) is 4.79 Å². The van der Waals surface area contributed by atoms with Crippen molar-refractivity contribution in [2.45, 2.75) is 12.3 Å². The minimum atomic E-state index is -0.827. The van der Waals surface area contributed by atoms with E-state index < -0.39 is 11.9 Å². The van der Waals surface area contributed by atoms with Crippen LogP contribution in [0, 0.1) is 5.92 Å². The van der Waals surface area contributed by atoms with E-state index in [1.807, 2.05) is 0 Å². The summed E-state index contributed by atoms with van der Waals surface area (Å²) in [7, 11) is 3.11. The largest absolute Gasteiger partial charge is 0.497 e. The molecule has 1 aromatic carbocycles. The van der Waals surface area contributed by atoms with Crippen molar-refractivity contribution in [3.05, 3.63) is 24.0 Å². The summed E-state index contributed by atoms with van der Waals surface area (Å²) in [5, 5.41) is 20.6. The molecular weight excluding hydrogens is 276 g/mol. The number of carboxylic acids is 1. The van der Waals surface area contributed by atoms with E-state index in [0.717, 1.165) is 0 Å². The lowest BCUT2D eigenvalue weighted by atomic mass is 10.2. The lowest BCUT2D eigenvalue weighted by Gasteiger charge is -2.11. The number of aliphatic carboxylic acids is 1. The van der Waals surface area contributed by atoms with Crippen molar-refractivity contribution in [3.8, 4) is 17.2 Å². The van der Waals surface area contributed by atoms with Crippen molar-refractivity contribution >= 4 is 5.97 Å². The summed E-state index contributed by atoms with van der Waals surface area (Å²) in [6.45, 7) is 0. The van der Waals surface area contributed by atoms with Crippen LogP contribution in [0.4, 0.5) is 0 Å². The summed E-state index contributed by atoms with van der Waals surface area (Å²) in [5.41, 5.74) is 0.618. The van der Waals surface area contributed by atoms with Crippen LogP contribution >= 0.6 is 0 Å². The Morgan fingerprint density at radius 3 is 2.81 bits per heavy atom. The van der Waals surface area contributed by atoms with Crippen LogP contribution in [0.1, 0.15) is 18.2 Å². The molecule has 1 aliphatic carbocycles. The van der Waals surface area contributed by atoms with Gasteiger partial charge in [-0.2, -0.15) is 4.68 Å². The second kappa shape index (κ2) is 5.04. The number of carbonyl (C=O) groups is 1. The molecule has 1 aliphatic rings. The molecule has 2 atom stereocenters. The van der Waals surface area contributed by atoms with Crippen molar-refractivity contribution in [2.75, 3.05) is 14.2 Å². The van der Waals surface area contributed by atoms with Gasteiger partial charge in [-0.1, -0.05) is 0 Å². The maximum Gasteiger partial charge on any atom is 0.307 e. The molecule has 21 heavy (non-hydrogen) atoms. The van der Waals surface area contributed by atoms with Gasteiger partial charge in [-0.15, -0.1) is 5.10 Å². The van der Waals surface area contributed by atoms with Crippen LogP contribution in [0.15, 0.2) is 18.2 Å². The average Bonchev–Trinajstić information content (AvgIpc) is 3.16. The van der Waals surface area contributed by atoms with Crippen molar-refractivity contribution in [3.63, 3.8) is 0 Å². The maximum atomic E-state index is 11.0. The number of aromatic nitrogens is 4. The second-order valence-electron chi connectivity index (χ2n) is 4.77. The van der Waals surface area contributed by atoms with Gasteiger partial charge in [0.05, 0.1) is 20.1 Å². The Morgan fingerprint density at radius 2 is 2.19 bits per heavy atom. The van der Waals surface area contributed by atoms with Crippen LogP contribution in [0.25, 0.3) is 5.69 Å². The zero-order valence-corrected chi connectivity index (χ0v) is 11.6. The molecule has 2 unspecified atom stereocenters. The Hall–Kier alpha value is -2.64. The number of methoxy groups -OCH3 is 2. The van der Waals surface area contributed by atoms with E-state index in [1.54, 1.807) is 32.4 Å². The number of carboxylic acid groups (broad SMARTS) is 1. The second-order valence-corrected chi connectivity index (χ2v) is 4.77. The molecule has 0 spiro atoms. The fourth-order valence-electron chi connectivity index (χ4n) is 2.31. The number of hydrogen-bond donors (Lipinski definition) is 1. The fraction of sp³-hybridized carbons (Fsp3) is 0.385. The summed E-state index contributed by atoms with van der Waals surface area (Å²) in [4.78, 5) is 11.0. The zero-order valence-electron chi connectivity index (χ0n) is 11.6. The van der Waals surface area contributed by atoms with Crippen LogP contribution in [-0.4, -0.2) is 45.5 Å². The summed E-state index contributed by atoms with van der Waals surface area (Å²) < 4.78 is 12.0. The molecule has 2 aromatic rings. The molecule has 8 heteroatoms. The molecule has 0 aliphatic heterocycles. The zero-order chi connectivity index (χ0) is 15.0. The highest BCUT2D eigenvalue weighted by Crippen LogP contribution is 2.47. The quantitative estimate of drug-likeness (QED) is 0.872. The van der Waals surface area contributed by atoms with Gasteiger partial charge in [0.25, 0.3) is 0 Å². The van der Waals surface area contributed by atoms with E-state index >= 15 is 0 Å². The predicted molar refractivity (Wildman–Crippen MR) is 70.7 cm³/mol. The molecule has 1 aromatic heterocycles. The maximum absolute atomic E-state index is 11.0. The van der Waals surface area contributed by atoms with E-state index in [9.17, 15) is 4.79 Å². The Bertz CT molecular complexity index is 685. The van der Waals surface area contributed by atoms with Gasteiger partial charge in [0.15, 0.2) is 5.82 Å². The third-order valence-electron chi connectivity index (χ3n) is 3.55. The Balaban J connectivity index is 2.02. The third-order valence-corrected chi connectivity index (χ3v) is 3.55. The van der Waals surface area contributed by atoms with E-state index in [2.05, 4.69) is 15.5 Å². The molecule has 0 amide bonds. The molecule has 110 valence electrons. The number of hydrogen-bond acceptors (Lipinski definition) is 6. The van der Waals surface area contributed by atoms with E-state index in [4.69, 9.17) is 14.6 Å². The fourth-order valence-corrected chi connectivity index (χ4v) is 2.31. The first-order chi connectivity index (χ1) is 10.2. The summed E-state index contributed by atoms with van der Waals surface area (Å²) in [6, 6.07) is 5.27. The molecule has 0 saturated heterocycles. The van der Waals surface area contributed by atoms with E-state index in [0.29, 0.717) is 29.4 Å². The summed E-state index contributed by atoms with van der Waals surface area (Å²) in [5.74, 6) is 0.315. The van der Waals surface area contributed by atoms with Gasteiger partial charge < -0.3 is 14.6 Å². The van der Waals surface area contributed by atoms with Gasteiger partial charge in [-0.25, -0.2) is 0 Å². The molecule has 0 radical (unpaired) electrons. The van der Waals surface area contributed by atoms with Crippen molar-refractivity contribution in [2.24, 2.45) is 5.92 Å². The van der Waals surface area contributed by atoms with Gasteiger partial charge in [-0.3, -0.25) is 4.79 Å². The molecule has 1 fully saturated rings. The van der Waals surface area contributed by atoms with Crippen molar-refractivity contribution in [1.29, 1.82) is 0 Å². The SMILES string of the molecule is COc1ccc(OC)c(-n2nnnc2C2CC2C(=O)O)c1. The molecule has 1 saturated carbocycles. The third kappa shape index (κ3) is 2.28. The number of benzene rings is 1. The number of rotatable bonds is 5. The highest BCUT2D eigenvalue weighted by Gasteiger charge is 2.48. The molecular formula is C13H14N4O4. The number of ether oxygens (including phenoxy) is 2. The first kappa shape index (κ1) is 13.3. The van der Waals surface area contributed by atoms with Crippen LogP contribution in [0.2, 0.25) is 0 Å². The van der Waals surface area contributed by atoms with Gasteiger partial charge in [0, 0.05) is 12.0 Å². The van der Waals surface area contributed by atoms with Gasteiger partial charge in [0.1, 0.15) is 17.2 Å². The summed E-state index contributed by atoms with van der Waals surface area (Å²) >= 11 is 0. The monoisotopic (exact) mass is 290 g/mol. The first-order valence-electron chi connectivity index (χ1n) is 6.39. The van der Waals surface area contributed by atoms with Crippen LogP contribution < -0.4 is 9.47 Å². The molecule has 8 nitrogen and oxygen atoms in total. The standard InChI is InChI=1S/C13H14N4O4/c1-20-7-3-4-11(21-2)10(5-7)17-12(14-15-16-17)8-6-9(8)13(18)19/h3-5,8-9H,6H2,1-2H3,(H,18,19). The molecule has 3 rings (SSSR count). The van der Waals surface area contributed by atoms with E-state index in [-0.39, 0.29) is 5.92 Å². The molecule has 1 heterocycles. The lowest BCUT2D eigenvalue weighted by Crippen LogP contribution is -2.07. The normalized spacial score (nSPS) is 20.1. The predicted octanol–water partition coefficient (Wildman–Crippen LogP) is 0.868. The van der Waals surface area contributed by atoms with E-state index in [1.165, 1.54) is 4.68 Å². The Kier molecular flexibility index (Phi) is 3.20. The molecule has 0 bridgehead atoms. The topological polar surface area (TPSA) is 99.4 Å². The van der Waals surface area contributed by atoms with Crippen molar-refractivity contribution < 1.29 is 19.4 Å². The van der Waals surface area contributed by atoms with Crippen LogP contribution in [0.3, 0.4) is 0 Å².